The number of hydrogen-bond acceptors (Lipinski definition) is 5. The van der Waals surface area contributed by atoms with Crippen molar-refractivity contribution < 1.29 is 21.6 Å². The van der Waals surface area contributed by atoms with E-state index in [0.29, 0.717) is 40.9 Å². The minimum atomic E-state index is -4.16. The van der Waals surface area contributed by atoms with Crippen LogP contribution in [0.1, 0.15) is 30.4 Å². The van der Waals surface area contributed by atoms with Crippen LogP contribution in [0.5, 0.6) is 0 Å². The Morgan fingerprint density at radius 1 is 0.923 bits per heavy atom. The zero-order valence-electron chi connectivity index (χ0n) is 21.2. The van der Waals surface area contributed by atoms with Crippen LogP contribution in [0.15, 0.2) is 88.8 Å². The minimum Gasteiger partial charge on any atom is -0.355 e. The zero-order chi connectivity index (χ0) is 27.8. The summed E-state index contributed by atoms with van der Waals surface area (Å²) in [5, 5.41) is 3.79. The summed E-state index contributed by atoms with van der Waals surface area (Å²) in [4.78, 5) is 13.2. The van der Waals surface area contributed by atoms with E-state index in [1.807, 2.05) is 6.92 Å². The second-order valence-corrected chi connectivity index (χ2v) is 13.7. The van der Waals surface area contributed by atoms with Gasteiger partial charge in [-0.15, -0.1) is 0 Å². The molecule has 2 heterocycles. The number of benzene rings is 3. The van der Waals surface area contributed by atoms with Crippen molar-refractivity contribution in [2.45, 2.75) is 48.6 Å². The fraction of sp³-hybridized carbons (Fsp3) is 0.250. The topological polar surface area (TPSA) is 106 Å². The SMILES string of the molecule is Cc1ccc(S(=O)(=O)n2cc(CN(C3CCCCNC3=O)S(=O)(=O)c3ccc(Cl)cc3)c3ccccc32)cc1. The van der Waals surface area contributed by atoms with E-state index in [2.05, 4.69) is 5.32 Å². The molecule has 0 radical (unpaired) electrons. The average Bonchev–Trinajstić information content (AvgIpc) is 3.16. The van der Waals surface area contributed by atoms with Crippen molar-refractivity contribution in [3.8, 4) is 0 Å². The minimum absolute atomic E-state index is 0.0000351. The van der Waals surface area contributed by atoms with Crippen LogP contribution in [-0.4, -0.2) is 43.6 Å². The van der Waals surface area contributed by atoms with E-state index in [1.165, 1.54) is 38.7 Å². The summed E-state index contributed by atoms with van der Waals surface area (Å²) in [5.41, 5.74) is 1.81. The van der Waals surface area contributed by atoms with Crippen LogP contribution in [0, 0.1) is 6.92 Å². The molecule has 1 saturated heterocycles. The number of nitrogens with one attached hydrogen (secondary N) is 1. The molecule has 1 fully saturated rings. The first-order chi connectivity index (χ1) is 18.6. The summed E-state index contributed by atoms with van der Waals surface area (Å²) in [6, 6.07) is 18.3. The molecule has 1 N–H and O–H groups in total. The van der Waals surface area contributed by atoms with Crippen LogP contribution in [0.25, 0.3) is 10.9 Å². The lowest BCUT2D eigenvalue weighted by Gasteiger charge is -2.29. The number of carbonyl (C=O) groups excluding carboxylic acids is 1. The summed E-state index contributed by atoms with van der Waals surface area (Å²) >= 11 is 6.00. The van der Waals surface area contributed by atoms with Crippen molar-refractivity contribution >= 4 is 48.5 Å². The highest BCUT2D eigenvalue weighted by Crippen LogP contribution is 2.31. The van der Waals surface area contributed by atoms with Gasteiger partial charge in [0.25, 0.3) is 10.0 Å². The molecule has 1 atom stereocenters. The molecule has 39 heavy (non-hydrogen) atoms. The van der Waals surface area contributed by atoms with Gasteiger partial charge in [0.05, 0.1) is 15.3 Å². The normalized spacial score (nSPS) is 16.8. The van der Waals surface area contributed by atoms with Gasteiger partial charge in [-0.2, -0.15) is 4.31 Å². The smallest absolute Gasteiger partial charge is 0.268 e. The molecule has 3 aromatic carbocycles. The van der Waals surface area contributed by atoms with E-state index in [0.717, 1.165) is 12.0 Å². The standard InChI is InChI=1S/C28H28ClN3O5S2/c1-20-9-13-23(14-10-20)38(34,35)31-18-21(25-6-2-3-7-26(25)31)19-32(27-8-4-5-17-30-28(27)33)39(36,37)24-15-11-22(29)12-16-24/h2-3,6-7,9-16,18,27H,4-5,8,17,19H2,1H3,(H,30,33). The number of halogens is 1. The van der Waals surface area contributed by atoms with E-state index < -0.39 is 26.1 Å². The molecule has 204 valence electrons. The van der Waals surface area contributed by atoms with Gasteiger partial charge in [0.1, 0.15) is 6.04 Å². The van der Waals surface area contributed by atoms with Gasteiger partial charge in [0.2, 0.25) is 15.9 Å². The van der Waals surface area contributed by atoms with Gasteiger partial charge >= 0.3 is 0 Å². The molecule has 0 bridgehead atoms. The maximum atomic E-state index is 14.0. The Morgan fingerprint density at radius 2 is 1.59 bits per heavy atom. The lowest BCUT2D eigenvalue weighted by atomic mass is 10.1. The van der Waals surface area contributed by atoms with E-state index in [-0.39, 0.29) is 22.2 Å². The first-order valence-electron chi connectivity index (χ1n) is 12.6. The average molecular weight is 586 g/mol. The maximum Gasteiger partial charge on any atom is 0.268 e. The van der Waals surface area contributed by atoms with Gasteiger partial charge in [-0.3, -0.25) is 4.79 Å². The summed E-state index contributed by atoms with van der Waals surface area (Å²) in [6.07, 6.45) is 3.21. The monoisotopic (exact) mass is 585 g/mol. The highest BCUT2D eigenvalue weighted by Gasteiger charge is 2.37. The molecule has 1 unspecified atom stereocenters. The Kier molecular flexibility index (Phi) is 7.56. The second-order valence-electron chi connectivity index (χ2n) is 9.59. The lowest BCUT2D eigenvalue weighted by Crippen LogP contribution is -2.48. The third kappa shape index (κ3) is 5.34. The Labute approximate surface area is 233 Å². The molecule has 1 aliphatic heterocycles. The van der Waals surface area contributed by atoms with E-state index in [9.17, 15) is 21.6 Å². The molecule has 0 spiro atoms. The number of sulfonamides is 1. The number of rotatable bonds is 7. The molecular weight excluding hydrogens is 558 g/mol. The molecule has 8 nitrogen and oxygen atoms in total. The van der Waals surface area contributed by atoms with Crippen molar-refractivity contribution in [2.24, 2.45) is 0 Å². The summed E-state index contributed by atoms with van der Waals surface area (Å²) in [7, 11) is -8.14. The third-order valence-corrected chi connectivity index (χ3v) is 10.7. The maximum absolute atomic E-state index is 14.0. The molecule has 0 saturated carbocycles. The van der Waals surface area contributed by atoms with Crippen LogP contribution in [-0.2, 0) is 31.4 Å². The van der Waals surface area contributed by atoms with Crippen molar-refractivity contribution in [1.29, 1.82) is 0 Å². The number of amides is 1. The lowest BCUT2D eigenvalue weighted by molar-refractivity contribution is -0.124. The molecule has 5 rings (SSSR count). The Hall–Kier alpha value is -3.18. The van der Waals surface area contributed by atoms with Gasteiger partial charge in [0.15, 0.2) is 0 Å². The number of aryl methyl sites for hydroxylation is 1. The van der Waals surface area contributed by atoms with Crippen LogP contribution < -0.4 is 5.32 Å². The Balaban J connectivity index is 1.64. The zero-order valence-corrected chi connectivity index (χ0v) is 23.6. The van der Waals surface area contributed by atoms with Crippen molar-refractivity contribution in [3.05, 3.63) is 95.1 Å². The highest BCUT2D eigenvalue weighted by atomic mass is 35.5. The van der Waals surface area contributed by atoms with Gasteiger partial charge in [-0.25, -0.2) is 20.8 Å². The number of para-hydroxylation sites is 1. The van der Waals surface area contributed by atoms with Crippen LogP contribution in [0.4, 0.5) is 0 Å². The molecule has 4 aromatic rings. The predicted octanol–water partition coefficient (Wildman–Crippen LogP) is 4.70. The number of fused-ring (bicyclic) bond motifs is 1. The number of hydrogen-bond donors (Lipinski definition) is 1. The molecule has 0 aliphatic carbocycles. The number of carbonyl (C=O) groups is 1. The molecule has 1 aromatic heterocycles. The molecule has 1 amide bonds. The van der Waals surface area contributed by atoms with Gasteiger partial charge in [0, 0.05) is 29.7 Å². The highest BCUT2D eigenvalue weighted by molar-refractivity contribution is 7.90. The molecule has 1 aliphatic rings. The Bertz CT molecular complexity index is 1730. The van der Waals surface area contributed by atoms with Crippen molar-refractivity contribution in [2.75, 3.05) is 6.54 Å². The van der Waals surface area contributed by atoms with Crippen LogP contribution >= 0.6 is 11.6 Å². The van der Waals surface area contributed by atoms with Crippen molar-refractivity contribution in [1.82, 2.24) is 13.6 Å². The van der Waals surface area contributed by atoms with Gasteiger partial charge < -0.3 is 5.32 Å². The Morgan fingerprint density at radius 3 is 2.31 bits per heavy atom. The van der Waals surface area contributed by atoms with Crippen LogP contribution in [0.2, 0.25) is 5.02 Å². The quantitative estimate of drug-likeness (QED) is 0.338. The third-order valence-electron chi connectivity index (χ3n) is 6.94. The van der Waals surface area contributed by atoms with Crippen LogP contribution in [0.3, 0.4) is 0 Å². The number of nitrogens with zero attached hydrogens (tertiary/aromatic N) is 2. The predicted molar refractivity (Wildman–Crippen MR) is 151 cm³/mol. The largest absolute Gasteiger partial charge is 0.355 e. The fourth-order valence-corrected chi connectivity index (χ4v) is 7.95. The molecular formula is C28H28ClN3O5S2. The number of aromatic nitrogens is 1. The summed E-state index contributed by atoms with van der Waals surface area (Å²) in [6.45, 7) is 2.15. The first-order valence-corrected chi connectivity index (χ1v) is 15.8. The van der Waals surface area contributed by atoms with Gasteiger partial charge in [-0.1, -0.05) is 47.5 Å². The summed E-state index contributed by atoms with van der Waals surface area (Å²) in [5.74, 6) is -0.374. The summed E-state index contributed by atoms with van der Waals surface area (Å²) < 4.78 is 57.6. The van der Waals surface area contributed by atoms with Crippen molar-refractivity contribution in [3.63, 3.8) is 0 Å². The second kappa shape index (κ2) is 10.8. The van der Waals surface area contributed by atoms with Gasteiger partial charge in [-0.05, 0) is 74.2 Å². The van der Waals surface area contributed by atoms with E-state index in [1.54, 1.807) is 48.5 Å². The first kappa shape index (κ1) is 27.4. The van der Waals surface area contributed by atoms with E-state index in [4.69, 9.17) is 11.6 Å². The molecule has 11 heteroatoms. The fourth-order valence-electron chi connectivity index (χ4n) is 4.84. The van der Waals surface area contributed by atoms with E-state index >= 15 is 0 Å².